The van der Waals surface area contributed by atoms with Crippen LogP contribution in [0.5, 0.6) is 5.75 Å². The predicted molar refractivity (Wildman–Crippen MR) is 75.2 cm³/mol. The van der Waals surface area contributed by atoms with Gasteiger partial charge >= 0.3 is 0 Å². The third-order valence-electron chi connectivity index (χ3n) is 2.55. The number of hydrogen-bond acceptors (Lipinski definition) is 3. The first-order chi connectivity index (χ1) is 9.01. The third kappa shape index (κ3) is 6.25. The maximum Gasteiger partial charge on any atom is 0.224 e. The number of nitrogens with one attached hydrogen (secondary N) is 1. The second-order valence-electron chi connectivity index (χ2n) is 5.18. The molecule has 106 valence electrons. The van der Waals surface area contributed by atoms with Crippen molar-refractivity contribution in [3.05, 3.63) is 29.8 Å². The Labute approximate surface area is 114 Å². The molecule has 0 radical (unpaired) electrons. The average molecular weight is 265 g/mol. The molecule has 0 aliphatic heterocycles. The molecular formula is C15H23NO3. The Kier molecular flexibility index (Phi) is 6.36. The van der Waals surface area contributed by atoms with Crippen LogP contribution in [0, 0.1) is 5.92 Å². The molecule has 1 atom stereocenters. The Hall–Kier alpha value is -1.55. The molecule has 0 spiro atoms. The molecule has 0 heterocycles. The topological polar surface area (TPSA) is 58.6 Å². The van der Waals surface area contributed by atoms with Gasteiger partial charge in [-0.15, -0.1) is 0 Å². The van der Waals surface area contributed by atoms with Crippen LogP contribution in [0.3, 0.4) is 0 Å². The number of rotatable bonds is 7. The quantitative estimate of drug-likeness (QED) is 0.790. The first-order valence-corrected chi connectivity index (χ1v) is 6.63. The lowest BCUT2D eigenvalue weighted by Crippen LogP contribution is -2.35. The van der Waals surface area contributed by atoms with Gasteiger partial charge in [0.1, 0.15) is 5.75 Å². The van der Waals surface area contributed by atoms with Crippen LogP contribution in [0.1, 0.15) is 26.3 Å². The van der Waals surface area contributed by atoms with E-state index in [2.05, 4.69) is 19.2 Å². The summed E-state index contributed by atoms with van der Waals surface area (Å²) in [5.74, 6) is 1.23. The largest absolute Gasteiger partial charge is 0.493 e. The van der Waals surface area contributed by atoms with Gasteiger partial charge in [0.05, 0.1) is 19.6 Å². The minimum Gasteiger partial charge on any atom is -0.493 e. The van der Waals surface area contributed by atoms with Gasteiger partial charge in [0.15, 0.2) is 0 Å². The molecule has 1 aromatic rings. The molecule has 4 heteroatoms. The minimum atomic E-state index is -0.207. The van der Waals surface area contributed by atoms with Crippen molar-refractivity contribution in [1.29, 1.82) is 0 Å². The molecule has 4 nitrogen and oxygen atoms in total. The van der Waals surface area contributed by atoms with Crippen molar-refractivity contribution in [1.82, 2.24) is 5.32 Å². The van der Waals surface area contributed by atoms with Crippen LogP contribution >= 0.6 is 0 Å². The standard InChI is InChI=1S/C15H23NO3/c1-11(2)10-19-14-6-4-13(5-7-14)8-15(18)16-12(3)9-17/h4-7,11-12,17H,8-10H2,1-3H3,(H,16,18). The van der Waals surface area contributed by atoms with Crippen LogP contribution in [-0.2, 0) is 11.2 Å². The van der Waals surface area contributed by atoms with Crippen molar-refractivity contribution in [2.45, 2.75) is 33.2 Å². The Morgan fingerprint density at radius 1 is 1.26 bits per heavy atom. The van der Waals surface area contributed by atoms with Gasteiger partial charge in [-0.3, -0.25) is 4.79 Å². The van der Waals surface area contributed by atoms with Crippen LogP contribution in [0.4, 0.5) is 0 Å². The monoisotopic (exact) mass is 265 g/mol. The fourth-order valence-electron chi connectivity index (χ4n) is 1.52. The molecule has 0 aliphatic carbocycles. The van der Waals surface area contributed by atoms with Crippen LogP contribution < -0.4 is 10.1 Å². The molecule has 1 unspecified atom stereocenters. The van der Waals surface area contributed by atoms with Gasteiger partial charge in [0.2, 0.25) is 5.91 Å². The number of benzene rings is 1. The minimum absolute atomic E-state index is 0.0479. The molecular weight excluding hydrogens is 242 g/mol. The van der Waals surface area contributed by atoms with E-state index >= 15 is 0 Å². The van der Waals surface area contributed by atoms with Crippen LogP contribution in [0.25, 0.3) is 0 Å². The predicted octanol–water partition coefficient (Wildman–Crippen LogP) is 1.76. The van der Waals surface area contributed by atoms with Gasteiger partial charge in [-0.2, -0.15) is 0 Å². The van der Waals surface area contributed by atoms with Gasteiger partial charge in [-0.25, -0.2) is 0 Å². The van der Waals surface area contributed by atoms with Crippen molar-refractivity contribution < 1.29 is 14.6 Å². The van der Waals surface area contributed by atoms with E-state index in [0.29, 0.717) is 18.9 Å². The summed E-state index contributed by atoms with van der Waals surface area (Å²) in [6.07, 6.45) is 0.314. The number of carbonyl (C=O) groups excluding carboxylic acids is 1. The lowest BCUT2D eigenvalue weighted by Gasteiger charge is -2.11. The third-order valence-corrected chi connectivity index (χ3v) is 2.55. The number of ether oxygens (including phenoxy) is 1. The maximum atomic E-state index is 11.6. The molecule has 0 bridgehead atoms. The van der Waals surface area contributed by atoms with Crippen molar-refractivity contribution in [2.75, 3.05) is 13.2 Å². The molecule has 19 heavy (non-hydrogen) atoms. The first kappa shape index (κ1) is 15.5. The summed E-state index contributed by atoms with van der Waals surface area (Å²) in [5.41, 5.74) is 0.930. The van der Waals surface area contributed by atoms with Gasteiger partial charge in [-0.1, -0.05) is 26.0 Å². The van der Waals surface area contributed by atoms with E-state index in [1.54, 1.807) is 6.92 Å². The number of carbonyl (C=O) groups is 1. The van der Waals surface area contributed by atoms with Crippen molar-refractivity contribution >= 4 is 5.91 Å². The van der Waals surface area contributed by atoms with Crippen molar-refractivity contribution in [2.24, 2.45) is 5.92 Å². The molecule has 0 aliphatic rings. The van der Waals surface area contributed by atoms with Crippen LogP contribution in [0.2, 0.25) is 0 Å². The summed E-state index contributed by atoms with van der Waals surface area (Å²) in [4.78, 5) is 11.6. The van der Waals surface area contributed by atoms with Gasteiger partial charge in [-0.05, 0) is 30.5 Å². The fourth-order valence-corrected chi connectivity index (χ4v) is 1.52. The number of aliphatic hydroxyl groups is 1. The lowest BCUT2D eigenvalue weighted by molar-refractivity contribution is -0.121. The lowest BCUT2D eigenvalue weighted by atomic mass is 10.1. The van der Waals surface area contributed by atoms with E-state index < -0.39 is 0 Å². The van der Waals surface area contributed by atoms with Gasteiger partial charge in [0, 0.05) is 6.04 Å². The van der Waals surface area contributed by atoms with Crippen LogP contribution in [-0.4, -0.2) is 30.3 Å². The van der Waals surface area contributed by atoms with E-state index in [-0.39, 0.29) is 18.6 Å². The normalized spacial score (nSPS) is 12.3. The summed E-state index contributed by atoms with van der Waals surface area (Å²) in [5, 5.41) is 11.6. The maximum absolute atomic E-state index is 11.6. The van der Waals surface area contributed by atoms with Gasteiger partial charge < -0.3 is 15.2 Å². The molecule has 0 aromatic heterocycles. The van der Waals surface area contributed by atoms with E-state index in [0.717, 1.165) is 11.3 Å². The summed E-state index contributed by atoms with van der Waals surface area (Å²) in [7, 11) is 0. The Morgan fingerprint density at radius 2 is 1.89 bits per heavy atom. The zero-order chi connectivity index (χ0) is 14.3. The van der Waals surface area contributed by atoms with Crippen molar-refractivity contribution in [3.63, 3.8) is 0 Å². The SMILES string of the molecule is CC(C)COc1ccc(CC(=O)NC(C)CO)cc1. The number of hydrogen-bond donors (Lipinski definition) is 2. The highest BCUT2D eigenvalue weighted by molar-refractivity contribution is 5.78. The fraction of sp³-hybridized carbons (Fsp3) is 0.533. The Morgan fingerprint density at radius 3 is 2.42 bits per heavy atom. The van der Waals surface area contributed by atoms with E-state index in [9.17, 15) is 4.79 Å². The van der Waals surface area contributed by atoms with E-state index in [4.69, 9.17) is 9.84 Å². The molecule has 0 fully saturated rings. The first-order valence-electron chi connectivity index (χ1n) is 6.63. The average Bonchev–Trinajstić information content (AvgIpc) is 2.37. The highest BCUT2D eigenvalue weighted by Gasteiger charge is 2.07. The second-order valence-corrected chi connectivity index (χ2v) is 5.18. The molecule has 0 saturated carbocycles. The molecule has 1 rings (SSSR count). The zero-order valence-electron chi connectivity index (χ0n) is 11.8. The summed E-state index contributed by atoms with van der Waals surface area (Å²) >= 11 is 0. The summed E-state index contributed by atoms with van der Waals surface area (Å²) < 4.78 is 5.58. The Balaban J connectivity index is 2.45. The summed E-state index contributed by atoms with van der Waals surface area (Å²) in [6, 6.07) is 7.32. The molecule has 1 aromatic carbocycles. The molecule has 1 amide bonds. The Bertz CT molecular complexity index is 387. The second kappa shape index (κ2) is 7.79. The highest BCUT2D eigenvalue weighted by Crippen LogP contribution is 2.13. The van der Waals surface area contributed by atoms with Crippen LogP contribution in [0.15, 0.2) is 24.3 Å². The highest BCUT2D eigenvalue weighted by atomic mass is 16.5. The molecule has 0 saturated heterocycles. The van der Waals surface area contributed by atoms with Gasteiger partial charge in [0.25, 0.3) is 0 Å². The van der Waals surface area contributed by atoms with E-state index in [1.807, 2.05) is 24.3 Å². The summed E-state index contributed by atoms with van der Waals surface area (Å²) in [6.45, 7) is 6.60. The van der Waals surface area contributed by atoms with Crippen molar-refractivity contribution in [3.8, 4) is 5.75 Å². The smallest absolute Gasteiger partial charge is 0.224 e. The number of amides is 1. The number of aliphatic hydroxyl groups excluding tert-OH is 1. The molecule has 2 N–H and O–H groups in total. The van der Waals surface area contributed by atoms with E-state index in [1.165, 1.54) is 0 Å². The zero-order valence-corrected chi connectivity index (χ0v) is 11.8.